The van der Waals surface area contributed by atoms with Gasteiger partial charge in [0.15, 0.2) is 5.96 Å². The van der Waals surface area contributed by atoms with Crippen LogP contribution in [0.15, 0.2) is 35.3 Å². The van der Waals surface area contributed by atoms with Crippen molar-refractivity contribution >= 4 is 41.5 Å². The first-order valence-corrected chi connectivity index (χ1v) is 11.9. The zero-order valence-corrected chi connectivity index (χ0v) is 21.2. The number of carboxylic acid groups (broad SMARTS) is 1. The quantitative estimate of drug-likeness (QED) is 0.0513. The summed E-state index contributed by atoms with van der Waals surface area (Å²) in [7, 11) is 0. The highest BCUT2D eigenvalue weighted by Gasteiger charge is 2.31. The molecular weight excluding hydrogens is 514 g/mol. The highest BCUT2D eigenvalue weighted by atomic mass is 16.4. The van der Waals surface area contributed by atoms with Crippen molar-refractivity contribution in [2.75, 3.05) is 6.54 Å². The van der Waals surface area contributed by atoms with E-state index in [1.807, 2.05) is 0 Å². The van der Waals surface area contributed by atoms with Gasteiger partial charge >= 0.3 is 5.97 Å². The van der Waals surface area contributed by atoms with E-state index in [2.05, 4.69) is 20.9 Å². The van der Waals surface area contributed by atoms with Crippen molar-refractivity contribution in [3.63, 3.8) is 0 Å². The predicted molar refractivity (Wildman–Crippen MR) is 139 cm³/mol. The molecule has 1 aromatic rings. The third kappa shape index (κ3) is 12.9. The molecule has 0 bridgehead atoms. The standard InChI is InChI=1S/C23H35N9O7/c24-13(10-17(25)33)19(35)31-15(9-12-5-2-1-3-6-12)21(37)30-14(7-4-8-29-23(27)28)20(36)32-16(22(38)39)11-18(26)34/h1-3,5-6,13-16H,4,7-11,24H2,(H2,25,33)(H2,26,34)(H,30,37)(H,31,35)(H,32,36)(H,38,39)(H4,27,28,29). The number of nitrogens with two attached hydrogens (primary N) is 5. The molecule has 214 valence electrons. The Kier molecular flexibility index (Phi) is 13.4. The maximum Gasteiger partial charge on any atom is 0.326 e. The van der Waals surface area contributed by atoms with Crippen LogP contribution in [0.1, 0.15) is 31.2 Å². The Bertz CT molecular complexity index is 1060. The number of carbonyl (C=O) groups excluding carboxylic acids is 5. The third-order valence-electron chi connectivity index (χ3n) is 5.27. The summed E-state index contributed by atoms with van der Waals surface area (Å²) >= 11 is 0. The van der Waals surface area contributed by atoms with Crippen LogP contribution in [0.2, 0.25) is 0 Å². The summed E-state index contributed by atoms with van der Waals surface area (Å²) in [6.07, 6.45) is -0.991. The molecular formula is C23H35N9O7. The van der Waals surface area contributed by atoms with Crippen molar-refractivity contribution in [2.24, 2.45) is 33.7 Å². The number of aliphatic carboxylic acids is 1. The Labute approximate surface area is 224 Å². The molecule has 16 heteroatoms. The Morgan fingerprint density at radius 3 is 1.85 bits per heavy atom. The normalized spacial score (nSPS) is 13.6. The molecule has 5 amide bonds. The number of rotatable bonds is 17. The van der Waals surface area contributed by atoms with Crippen molar-refractivity contribution < 1.29 is 33.9 Å². The van der Waals surface area contributed by atoms with Gasteiger partial charge in [0.05, 0.1) is 18.9 Å². The summed E-state index contributed by atoms with van der Waals surface area (Å²) in [5, 5.41) is 16.4. The number of carboxylic acids is 1. The van der Waals surface area contributed by atoms with Crippen LogP contribution >= 0.6 is 0 Å². The largest absolute Gasteiger partial charge is 0.480 e. The molecule has 0 spiro atoms. The van der Waals surface area contributed by atoms with Crippen molar-refractivity contribution in [3.8, 4) is 0 Å². The van der Waals surface area contributed by atoms with Gasteiger partial charge in [0.1, 0.15) is 18.1 Å². The number of hydrogen-bond acceptors (Lipinski definition) is 8. The molecule has 0 aliphatic heterocycles. The highest BCUT2D eigenvalue weighted by molar-refractivity contribution is 5.95. The number of aliphatic imine (C=N–C) groups is 1. The molecule has 0 radical (unpaired) electrons. The molecule has 14 N–H and O–H groups in total. The van der Waals surface area contributed by atoms with E-state index in [1.165, 1.54) is 0 Å². The minimum atomic E-state index is -1.64. The van der Waals surface area contributed by atoms with E-state index in [4.69, 9.17) is 28.7 Å². The lowest BCUT2D eigenvalue weighted by Crippen LogP contribution is -2.58. The summed E-state index contributed by atoms with van der Waals surface area (Å²) in [6.45, 7) is 0.0950. The van der Waals surface area contributed by atoms with E-state index in [0.29, 0.717) is 5.56 Å². The topological polar surface area (TPSA) is 301 Å². The lowest BCUT2D eigenvalue weighted by molar-refractivity contribution is -0.143. The number of guanidine groups is 1. The Balaban J connectivity index is 3.17. The fraction of sp³-hybridized carbons (Fsp3) is 0.435. The first-order valence-electron chi connectivity index (χ1n) is 11.9. The van der Waals surface area contributed by atoms with Gasteiger partial charge in [-0.3, -0.25) is 29.0 Å². The highest BCUT2D eigenvalue weighted by Crippen LogP contribution is 2.07. The van der Waals surface area contributed by atoms with E-state index in [0.717, 1.165) is 0 Å². The van der Waals surface area contributed by atoms with Crippen LogP contribution in [0.25, 0.3) is 0 Å². The molecule has 0 saturated heterocycles. The van der Waals surface area contributed by atoms with Gasteiger partial charge in [-0.15, -0.1) is 0 Å². The van der Waals surface area contributed by atoms with Gasteiger partial charge in [-0.2, -0.15) is 0 Å². The van der Waals surface area contributed by atoms with Crippen LogP contribution in [0.5, 0.6) is 0 Å². The van der Waals surface area contributed by atoms with Gasteiger partial charge in [0.25, 0.3) is 0 Å². The van der Waals surface area contributed by atoms with Crippen LogP contribution in [0.4, 0.5) is 0 Å². The van der Waals surface area contributed by atoms with Gasteiger partial charge in [-0.05, 0) is 18.4 Å². The van der Waals surface area contributed by atoms with Crippen molar-refractivity contribution in [3.05, 3.63) is 35.9 Å². The lowest BCUT2D eigenvalue weighted by Gasteiger charge is -2.25. The fourth-order valence-corrected chi connectivity index (χ4v) is 3.37. The number of amides is 5. The van der Waals surface area contributed by atoms with Gasteiger partial charge in [-0.1, -0.05) is 30.3 Å². The predicted octanol–water partition coefficient (Wildman–Crippen LogP) is -4.10. The second-order valence-electron chi connectivity index (χ2n) is 8.61. The first kappa shape index (κ1) is 32.3. The maximum atomic E-state index is 13.3. The van der Waals surface area contributed by atoms with Gasteiger partial charge in [0.2, 0.25) is 29.5 Å². The molecule has 0 saturated carbocycles. The number of hydrogen-bond donors (Lipinski definition) is 9. The molecule has 1 rings (SSSR count). The lowest BCUT2D eigenvalue weighted by atomic mass is 10.0. The summed E-state index contributed by atoms with van der Waals surface area (Å²) in [4.78, 5) is 76.4. The molecule has 0 aliphatic carbocycles. The van der Waals surface area contributed by atoms with Crippen molar-refractivity contribution in [1.82, 2.24) is 16.0 Å². The Hall–Kier alpha value is -4.73. The number of primary amides is 2. The average Bonchev–Trinajstić information content (AvgIpc) is 2.84. The van der Waals surface area contributed by atoms with E-state index < -0.39 is 72.5 Å². The molecule has 0 fully saturated rings. The van der Waals surface area contributed by atoms with E-state index in [1.54, 1.807) is 30.3 Å². The molecule has 39 heavy (non-hydrogen) atoms. The third-order valence-corrected chi connectivity index (χ3v) is 5.27. The second kappa shape index (κ2) is 16.2. The molecule has 0 aliphatic rings. The molecule has 1 aromatic carbocycles. The molecule has 0 heterocycles. The fourth-order valence-electron chi connectivity index (χ4n) is 3.37. The molecule has 16 nitrogen and oxygen atoms in total. The van der Waals surface area contributed by atoms with Crippen molar-refractivity contribution in [1.29, 1.82) is 0 Å². The number of nitrogens with one attached hydrogen (secondary N) is 3. The van der Waals surface area contributed by atoms with Crippen LogP contribution in [-0.4, -0.2) is 77.3 Å². The SMILES string of the molecule is NC(=O)CC(N)C(=O)NC(Cc1ccccc1)C(=O)NC(CCCN=C(N)N)C(=O)NC(CC(N)=O)C(=O)O. The summed E-state index contributed by atoms with van der Waals surface area (Å²) in [6, 6.07) is 3.08. The Morgan fingerprint density at radius 2 is 1.31 bits per heavy atom. The number of carbonyl (C=O) groups is 6. The number of nitrogens with zero attached hydrogens (tertiary/aromatic N) is 1. The first-order chi connectivity index (χ1) is 18.3. The van der Waals surface area contributed by atoms with Crippen LogP contribution in [0.3, 0.4) is 0 Å². The van der Waals surface area contributed by atoms with Crippen LogP contribution in [-0.2, 0) is 35.2 Å². The van der Waals surface area contributed by atoms with Crippen molar-refractivity contribution in [2.45, 2.75) is 56.3 Å². The summed E-state index contributed by atoms with van der Waals surface area (Å²) < 4.78 is 0. The van der Waals surface area contributed by atoms with E-state index in [9.17, 15) is 33.9 Å². The van der Waals surface area contributed by atoms with Gasteiger partial charge < -0.3 is 49.7 Å². The Morgan fingerprint density at radius 1 is 0.769 bits per heavy atom. The molecule has 4 unspecified atom stereocenters. The summed E-state index contributed by atoms with van der Waals surface area (Å²) in [5.74, 6) is -6.03. The summed E-state index contributed by atoms with van der Waals surface area (Å²) in [5.41, 5.74) is 27.1. The zero-order chi connectivity index (χ0) is 29.5. The zero-order valence-electron chi connectivity index (χ0n) is 21.2. The van der Waals surface area contributed by atoms with Crippen LogP contribution < -0.4 is 44.6 Å². The van der Waals surface area contributed by atoms with E-state index in [-0.39, 0.29) is 31.8 Å². The second-order valence-corrected chi connectivity index (χ2v) is 8.61. The van der Waals surface area contributed by atoms with Gasteiger partial charge in [-0.25, -0.2) is 4.79 Å². The monoisotopic (exact) mass is 549 g/mol. The number of benzene rings is 1. The smallest absolute Gasteiger partial charge is 0.326 e. The minimum Gasteiger partial charge on any atom is -0.480 e. The van der Waals surface area contributed by atoms with Gasteiger partial charge in [0, 0.05) is 13.0 Å². The molecule has 4 atom stereocenters. The van der Waals surface area contributed by atoms with Crippen LogP contribution in [0, 0.1) is 0 Å². The average molecular weight is 550 g/mol. The minimum absolute atomic E-state index is 0.0104. The maximum absolute atomic E-state index is 13.3. The molecule has 0 aromatic heterocycles. The van der Waals surface area contributed by atoms with E-state index >= 15 is 0 Å².